The third-order valence-corrected chi connectivity index (χ3v) is 3.97. The van der Waals surface area contributed by atoms with Gasteiger partial charge in [0.15, 0.2) is 0 Å². The summed E-state index contributed by atoms with van der Waals surface area (Å²) in [7, 11) is 0. The Labute approximate surface area is 139 Å². The highest BCUT2D eigenvalue weighted by Crippen LogP contribution is 2.14. The Bertz CT molecular complexity index is 578. The average Bonchev–Trinajstić information content (AvgIpc) is 2.60. The number of hydrogen-bond donors (Lipinski definition) is 1. The molecule has 3 nitrogen and oxygen atoms in total. The molecule has 1 aromatic carbocycles. The maximum atomic E-state index is 12.1. The van der Waals surface area contributed by atoms with Crippen LogP contribution >= 0.6 is 0 Å². The highest BCUT2D eigenvalue weighted by Gasteiger charge is 2.05. The van der Waals surface area contributed by atoms with Gasteiger partial charge in [-0.1, -0.05) is 51.2 Å². The zero-order chi connectivity index (χ0) is 16.3. The first-order valence-corrected chi connectivity index (χ1v) is 8.60. The van der Waals surface area contributed by atoms with E-state index in [4.69, 9.17) is 0 Å². The molecule has 23 heavy (non-hydrogen) atoms. The molecule has 0 saturated heterocycles. The maximum Gasteiger partial charge on any atom is 0.255 e. The van der Waals surface area contributed by atoms with Crippen LogP contribution in [0.5, 0.6) is 0 Å². The van der Waals surface area contributed by atoms with Crippen LogP contribution in [0, 0.1) is 0 Å². The van der Waals surface area contributed by atoms with E-state index in [0.29, 0.717) is 5.56 Å². The summed E-state index contributed by atoms with van der Waals surface area (Å²) in [5.41, 5.74) is 2.79. The molecule has 0 aliphatic carbocycles. The lowest BCUT2D eigenvalue weighted by molar-refractivity contribution is 0.102. The Balaban J connectivity index is 1.75. The molecular weight excluding hydrogens is 284 g/mol. The van der Waals surface area contributed by atoms with Gasteiger partial charge in [-0.25, -0.2) is 0 Å². The fourth-order valence-electron chi connectivity index (χ4n) is 2.57. The van der Waals surface area contributed by atoms with Crippen molar-refractivity contribution in [1.82, 2.24) is 4.98 Å². The smallest absolute Gasteiger partial charge is 0.255 e. The molecule has 1 amide bonds. The third-order valence-electron chi connectivity index (χ3n) is 3.97. The van der Waals surface area contributed by atoms with Gasteiger partial charge in [0.25, 0.3) is 5.91 Å². The van der Waals surface area contributed by atoms with Crippen LogP contribution in [-0.4, -0.2) is 10.9 Å². The summed E-state index contributed by atoms with van der Waals surface area (Å²) in [5, 5.41) is 2.91. The van der Waals surface area contributed by atoms with Crippen LogP contribution in [0.2, 0.25) is 0 Å². The molecule has 2 rings (SSSR count). The molecule has 0 aliphatic rings. The second-order valence-electron chi connectivity index (χ2n) is 5.90. The van der Waals surface area contributed by atoms with Crippen LogP contribution in [0.1, 0.15) is 61.4 Å². The first-order chi connectivity index (χ1) is 11.3. The van der Waals surface area contributed by atoms with E-state index in [1.54, 1.807) is 24.5 Å². The molecule has 3 heteroatoms. The quantitative estimate of drug-likeness (QED) is 0.644. The zero-order valence-electron chi connectivity index (χ0n) is 13.9. The van der Waals surface area contributed by atoms with Crippen LogP contribution < -0.4 is 5.32 Å². The molecular formula is C20H26N2O. The summed E-state index contributed by atoms with van der Waals surface area (Å²) in [6, 6.07) is 11.6. The van der Waals surface area contributed by atoms with Crippen LogP contribution in [0.25, 0.3) is 0 Å². The second-order valence-corrected chi connectivity index (χ2v) is 5.90. The number of amides is 1. The fourth-order valence-corrected chi connectivity index (χ4v) is 2.57. The Kier molecular flexibility index (Phi) is 7.31. The van der Waals surface area contributed by atoms with Gasteiger partial charge in [0.2, 0.25) is 0 Å². The molecule has 1 N–H and O–H groups in total. The number of unbranched alkanes of at least 4 members (excludes halogenated alkanes) is 5. The number of hydrogen-bond acceptors (Lipinski definition) is 2. The first-order valence-electron chi connectivity index (χ1n) is 8.60. The summed E-state index contributed by atoms with van der Waals surface area (Å²) in [6.07, 6.45) is 12.3. The number of pyridine rings is 1. The number of carbonyl (C=O) groups excluding carboxylic acids is 1. The third kappa shape index (κ3) is 6.23. The van der Waals surface area contributed by atoms with Crippen molar-refractivity contribution in [3.63, 3.8) is 0 Å². The van der Waals surface area contributed by atoms with Gasteiger partial charge in [-0.3, -0.25) is 9.78 Å². The van der Waals surface area contributed by atoms with E-state index in [9.17, 15) is 4.79 Å². The van der Waals surface area contributed by atoms with E-state index < -0.39 is 0 Å². The number of aromatic nitrogens is 1. The van der Waals surface area contributed by atoms with E-state index in [2.05, 4.69) is 29.4 Å². The highest BCUT2D eigenvalue weighted by molar-refractivity contribution is 6.04. The normalized spacial score (nSPS) is 10.5. The predicted molar refractivity (Wildman–Crippen MR) is 95.7 cm³/mol. The van der Waals surface area contributed by atoms with Crippen molar-refractivity contribution in [3.05, 3.63) is 59.9 Å². The number of nitrogens with zero attached hydrogens (tertiary/aromatic N) is 1. The van der Waals surface area contributed by atoms with Crippen LogP contribution in [0.4, 0.5) is 5.69 Å². The number of rotatable bonds is 9. The largest absolute Gasteiger partial charge is 0.322 e. The monoisotopic (exact) mass is 310 g/mol. The van der Waals surface area contributed by atoms with E-state index in [-0.39, 0.29) is 5.91 Å². The van der Waals surface area contributed by atoms with E-state index in [1.807, 2.05) is 12.1 Å². The second kappa shape index (κ2) is 9.78. The predicted octanol–water partition coefficient (Wildman–Crippen LogP) is 5.24. The molecule has 1 heterocycles. The van der Waals surface area contributed by atoms with Crippen LogP contribution in [0.3, 0.4) is 0 Å². The highest BCUT2D eigenvalue weighted by atomic mass is 16.1. The summed E-state index contributed by atoms with van der Waals surface area (Å²) < 4.78 is 0. The summed E-state index contributed by atoms with van der Waals surface area (Å²) in [5.74, 6) is -0.101. The van der Waals surface area contributed by atoms with Crippen molar-refractivity contribution in [2.45, 2.75) is 51.9 Å². The van der Waals surface area contributed by atoms with E-state index in [0.717, 1.165) is 12.1 Å². The van der Waals surface area contributed by atoms with E-state index in [1.165, 1.54) is 44.1 Å². The van der Waals surface area contributed by atoms with Gasteiger partial charge in [-0.15, -0.1) is 0 Å². The maximum absolute atomic E-state index is 12.1. The minimum atomic E-state index is -0.101. The summed E-state index contributed by atoms with van der Waals surface area (Å²) in [4.78, 5) is 16.0. The average molecular weight is 310 g/mol. The molecule has 0 bridgehead atoms. The molecule has 0 unspecified atom stereocenters. The Morgan fingerprint density at radius 2 is 1.57 bits per heavy atom. The summed E-state index contributed by atoms with van der Waals surface area (Å²) >= 11 is 0. The van der Waals surface area contributed by atoms with Crippen molar-refractivity contribution >= 4 is 11.6 Å². The summed E-state index contributed by atoms with van der Waals surface area (Å²) in [6.45, 7) is 2.25. The SMILES string of the molecule is CCCCCCCCc1ccc(NC(=O)c2ccncc2)cc1. The topological polar surface area (TPSA) is 42.0 Å². The molecule has 0 aliphatic heterocycles. The molecule has 0 radical (unpaired) electrons. The molecule has 2 aromatic rings. The first kappa shape index (κ1) is 17.2. The van der Waals surface area contributed by atoms with Crippen molar-refractivity contribution in [1.29, 1.82) is 0 Å². The standard InChI is InChI=1S/C20H26N2O/c1-2-3-4-5-6-7-8-17-9-11-19(12-10-17)22-20(23)18-13-15-21-16-14-18/h9-16H,2-8H2,1H3,(H,22,23). The van der Waals surface area contributed by atoms with Gasteiger partial charge in [-0.2, -0.15) is 0 Å². The van der Waals surface area contributed by atoms with E-state index >= 15 is 0 Å². The number of benzene rings is 1. The minimum absolute atomic E-state index is 0.101. The molecule has 122 valence electrons. The number of nitrogens with one attached hydrogen (secondary N) is 1. The van der Waals surface area contributed by atoms with Crippen molar-refractivity contribution < 1.29 is 4.79 Å². The molecule has 0 saturated carbocycles. The number of aryl methyl sites for hydroxylation is 1. The fraction of sp³-hybridized carbons (Fsp3) is 0.400. The lowest BCUT2D eigenvalue weighted by atomic mass is 10.0. The van der Waals surface area contributed by atoms with Gasteiger partial charge in [0.1, 0.15) is 0 Å². The molecule has 1 aromatic heterocycles. The van der Waals surface area contributed by atoms with Gasteiger partial charge in [0.05, 0.1) is 0 Å². The van der Waals surface area contributed by atoms with Crippen molar-refractivity contribution in [2.75, 3.05) is 5.32 Å². The zero-order valence-corrected chi connectivity index (χ0v) is 13.9. The Morgan fingerprint density at radius 3 is 2.26 bits per heavy atom. The Morgan fingerprint density at radius 1 is 0.913 bits per heavy atom. The Hall–Kier alpha value is -2.16. The number of carbonyl (C=O) groups is 1. The molecule has 0 atom stereocenters. The van der Waals surface area contributed by atoms with Crippen LogP contribution in [-0.2, 0) is 6.42 Å². The van der Waals surface area contributed by atoms with Gasteiger partial charge >= 0.3 is 0 Å². The molecule has 0 fully saturated rings. The van der Waals surface area contributed by atoms with Crippen LogP contribution in [0.15, 0.2) is 48.8 Å². The lowest BCUT2D eigenvalue weighted by Crippen LogP contribution is -2.11. The lowest BCUT2D eigenvalue weighted by Gasteiger charge is -2.07. The molecule has 0 spiro atoms. The van der Waals surface area contributed by atoms with Gasteiger partial charge < -0.3 is 5.32 Å². The van der Waals surface area contributed by atoms with Gasteiger partial charge in [-0.05, 0) is 42.7 Å². The minimum Gasteiger partial charge on any atom is -0.322 e. The van der Waals surface area contributed by atoms with Gasteiger partial charge in [0, 0.05) is 23.6 Å². The number of anilines is 1. The van der Waals surface area contributed by atoms with Crippen molar-refractivity contribution in [2.24, 2.45) is 0 Å². The van der Waals surface area contributed by atoms with Crippen molar-refractivity contribution in [3.8, 4) is 0 Å².